The molecule has 0 N–H and O–H groups in total. The lowest BCUT2D eigenvalue weighted by Crippen LogP contribution is -2.05. The van der Waals surface area contributed by atoms with Gasteiger partial charge in [-0.2, -0.15) is 5.26 Å². The van der Waals surface area contributed by atoms with Gasteiger partial charge in [0.15, 0.2) is 0 Å². The fourth-order valence-electron chi connectivity index (χ4n) is 8.84. The third kappa shape index (κ3) is 3.74. The van der Waals surface area contributed by atoms with E-state index in [-0.39, 0.29) is 0 Å². The minimum Gasteiger partial charge on any atom is -0.455 e. The van der Waals surface area contributed by atoms with Crippen LogP contribution in [0, 0.1) is 11.3 Å². The lowest BCUT2D eigenvalue weighted by atomic mass is 9.97. The van der Waals surface area contributed by atoms with Gasteiger partial charge in [0.2, 0.25) is 0 Å². The van der Waals surface area contributed by atoms with Crippen molar-refractivity contribution in [3.05, 3.63) is 164 Å². The predicted octanol–water partition coefficient (Wildman–Crippen LogP) is 12.6. The highest BCUT2D eigenvalue weighted by molar-refractivity contribution is 6.25. The van der Waals surface area contributed by atoms with E-state index in [0.29, 0.717) is 5.56 Å². The van der Waals surface area contributed by atoms with Crippen molar-refractivity contribution in [3.8, 4) is 28.6 Å². The Morgan fingerprint density at radius 2 is 0.907 bits per heavy atom. The Morgan fingerprint density at radius 3 is 1.44 bits per heavy atom. The molecule has 7 aromatic carbocycles. The van der Waals surface area contributed by atoms with E-state index in [1.54, 1.807) is 0 Å². The average Bonchev–Trinajstić information content (AvgIpc) is 3.98. The van der Waals surface area contributed by atoms with E-state index in [4.69, 9.17) is 13.8 Å². The molecular weight excluding hydrogens is 665 g/mol. The number of benzene rings is 7. The molecule has 0 aliphatic rings. The van der Waals surface area contributed by atoms with Gasteiger partial charge in [-0.05, 0) is 54.6 Å². The molecule has 0 amide bonds. The summed E-state index contributed by atoms with van der Waals surface area (Å²) in [6.07, 6.45) is 3.85. The van der Waals surface area contributed by atoms with Gasteiger partial charge >= 0.3 is 0 Å². The molecule has 6 nitrogen and oxygen atoms in total. The summed E-state index contributed by atoms with van der Waals surface area (Å²) in [4.78, 5) is 4.99. The van der Waals surface area contributed by atoms with E-state index in [2.05, 4.69) is 112 Å². The largest absolute Gasteiger partial charge is 0.455 e. The number of nitrogens with zero attached hydrogens (tertiary/aromatic N) is 4. The van der Waals surface area contributed by atoms with E-state index in [0.717, 1.165) is 110 Å². The summed E-state index contributed by atoms with van der Waals surface area (Å²) in [5, 5.41) is 19.1. The first-order valence-electron chi connectivity index (χ1n) is 17.9. The van der Waals surface area contributed by atoms with Crippen LogP contribution in [0.5, 0.6) is 0 Å². The van der Waals surface area contributed by atoms with Crippen LogP contribution in [0.1, 0.15) is 5.56 Å². The lowest BCUT2D eigenvalue weighted by Gasteiger charge is -2.20. The van der Waals surface area contributed by atoms with E-state index < -0.39 is 0 Å². The molecule has 0 bridgehead atoms. The summed E-state index contributed by atoms with van der Waals surface area (Å²) in [5.41, 5.74) is 11.4. The molecule has 0 unspecified atom stereocenters. The van der Waals surface area contributed by atoms with Gasteiger partial charge in [-0.3, -0.25) is 4.98 Å². The van der Waals surface area contributed by atoms with Crippen molar-refractivity contribution in [1.82, 2.24) is 14.1 Å². The van der Waals surface area contributed by atoms with Crippen LogP contribution >= 0.6 is 0 Å². The van der Waals surface area contributed by atoms with Crippen molar-refractivity contribution in [2.24, 2.45) is 0 Å². The van der Waals surface area contributed by atoms with E-state index in [9.17, 15) is 5.26 Å². The monoisotopic (exact) mass is 690 g/mol. The molecular formula is C48H26N4O2. The van der Waals surface area contributed by atoms with E-state index >= 15 is 0 Å². The molecule has 12 rings (SSSR count). The highest BCUT2D eigenvalue weighted by Crippen LogP contribution is 2.46. The van der Waals surface area contributed by atoms with Crippen molar-refractivity contribution in [2.75, 3.05) is 0 Å². The molecule has 0 atom stereocenters. The molecule has 12 aromatic rings. The van der Waals surface area contributed by atoms with Crippen LogP contribution in [0.4, 0.5) is 0 Å². The smallest absolute Gasteiger partial charge is 0.145 e. The lowest BCUT2D eigenvalue weighted by molar-refractivity contribution is 0.672. The zero-order valence-corrected chi connectivity index (χ0v) is 28.6. The maximum Gasteiger partial charge on any atom is 0.145 e. The maximum absolute atomic E-state index is 10.6. The van der Waals surface area contributed by atoms with Crippen molar-refractivity contribution >= 4 is 87.5 Å². The van der Waals surface area contributed by atoms with E-state index in [1.165, 1.54) is 0 Å². The number of nitriles is 1. The number of furan rings is 2. The molecule has 6 heteroatoms. The van der Waals surface area contributed by atoms with Gasteiger partial charge in [-0.1, -0.05) is 91.0 Å². The minimum atomic E-state index is 0.576. The summed E-state index contributed by atoms with van der Waals surface area (Å²) in [5.74, 6) is 0. The Bertz CT molecular complexity index is 3380. The number of aromatic nitrogens is 3. The SMILES string of the molecule is N#Cc1ccccc1-c1c(-n2c3ccccc3c3c4oc5ccccc5c4ccc32)cncc1-n1c2ccccc2c2c3oc4ccccc4c3ccc21. The molecule has 5 aromatic heterocycles. The number of fused-ring (bicyclic) bond motifs is 14. The zero-order valence-electron chi connectivity index (χ0n) is 28.6. The Hall–Kier alpha value is -7.62. The molecule has 0 saturated carbocycles. The highest BCUT2D eigenvalue weighted by atomic mass is 16.3. The van der Waals surface area contributed by atoms with Crippen molar-refractivity contribution in [3.63, 3.8) is 0 Å². The zero-order chi connectivity index (χ0) is 35.5. The van der Waals surface area contributed by atoms with Crippen LogP contribution in [0.25, 0.3) is 110 Å². The molecule has 5 heterocycles. The Labute approximate surface area is 306 Å². The molecule has 250 valence electrons. The molecule has 0 aliphatic carbocycles. The summed E-state index contributed by atoms with van der Waals surface area (Å²) in [7, 11) is 0. The van der Waals surface area contributed by atoms with Crippen LogP contribution in [0.3, 0.4) is 0 Å². The number of pyridine rings is 1. The summed E-state index contributed by atoms with van der Waals surface area (Å²) in [6, 6.07) is 52.3. The third-order valence-corrected chi connectivity index (χ3v) is 11.1. The fourth-order valence-corrected chi connectivity index (χ4v) is 8.84. The Morgan fingerprint density at radius 1 is 0.444 bits per heavy atom. The van der Waals surface area contributed by atoms with Gasteiger partial charge in [0, 0.05) is 43.4 Å². The van der Waals surface area contributed by atoms with Gasteiger partial charge in [-0.25, -0.2) is 0 Å². The van der Waals surface area contributed by atoms with Gasteiger partial charge < -0.3 is 18.0 Å². The quantitative estimate of drug-likeness (QED) is 0.185. The Kier molecular flexibility index (Phi) is 5.75. The summed E-state index contributed by atoms with van der Waals surface area (Å²) >= 11 is 0. The van der Waals surface area contributed by atoms with Crippen LogP contribution in [0.15, 0.2) is 167 Å². The number of rotatable bonds is 3. The average molecular weight is 691 g/mol. The van der Waals surface area contributed by atoms with Crippen molar-refractivity contribution in [2.45, 2.75) is 0 Å². The first kappa shape index (κ1) is 29.0. The standard InChI is InChI=1S/C48H26N4O2/c49-25-28-11-1-2-12-29(28)44-40(51-36-17-7-3-15-34(36)45-38(51)23-21-32-30-13-5-9-19-42(30)53-47(32)45)26-50-27-41(44)52-37-18-8-4-16-35(37)46-39(52)24-22-33-31-14-6-10-20-43(31)54-48(33)46/h1-24,26-27H. The third-order valence-electron chi connectivity index (χ3n) is 11.1. The second-order valence-corrected chi connectivity index (χ2v) is 13.8. The highest BCUT2D eigenvalue weighted by Gasteiger charge is 2.26. The first-order chi connectivity index (χ1) is 26.8. The predicted molar refractivity (Wildman–Crippen MR) is 218 cm³/mol. The van der Waals surface area contributed by atoms with Crippen molar-refractivity contribution in [1.29, 1.82) is 5.26 Å². The fraction of sp³-hybridized carbons (Fsp3) is 0. The second-order valence-electron chi connectivity index (χ2n) is 13.8. The number of hydrogen-bond donors (Lipinski definition) is 0. The van der Waals surface area contributed by atoms with Crippen LogP contribution in [-0.2, 0) is 0 Å². The van der Waals surface area contributed by atoms with E-state index in [1.807, 2.05) is 60.9 Å². The van der Waals surface area contributed by atoms with Gasteiger partial charge in [0.1, 0.15) is 22.3 Å². The van der Waals surface area contributed by atoms with Crippen LogP contribution in [-0.4, -0.2) is 14.1 Å². The minimum absolute atomic E-state index is 0.576. The van der Waals surface area contributed by atoms with Crippen LogP contribution in [0.2, 0.25) is 0 Å². The van der Waals surface area contributed by atoms with Crippen molar-refractivity contribution < 1.29 is 8.83 Å². The van der Waals surface area contributed by atoms with Gasteiger partial charge in [0.05, 0.1) is 68.2 Å². The first-order valence-corrected chi connectivity index (χ1v) is 17.9. The molecule has 0 saturated heterocycles. The number of para-hydroxylation sites is 4. The molecule has 0 spiro atoms. The summed E-state index contributed by atoms with van der Waals surface area (Å²) < 4.78 is 17.8. The topological polar surface area (TPSA) is 72.8 Å². The van der Waals surface area contributed by atoms with Crippen LogP contribution < -0.4 is 0 Å². The molecule has 0 aliphatic heterocycles. The molecule has 54 heavy (non-hydrogen) atoms. The van der Waals surface area contributed by atoms with Gasteiger partial charge in [0.25, 0.3) is 0 Å². The van der Waals surface area contributed by atoms with Gasteiger partial charge in [-0.15, -0.1) is 0 Å². The normalized spacial score (nSPS) is 12.1. The molecule has 0 radical (unpaired) electrons. The Balaban J connectivity index is 1.25. The maximum atomic E-state index is 10.6. The number of hydrogen-bond acceptors (Lipinski definition) is 4. The second kappa shape index (κ2) is 10.7. The summed E-state index contributed by atoms with van der Waals surface area (Å²) in [6.45, 7) is 0. The molecule has 0 fully saturated rings.